The SMILES string of the molecule is Cc1nnc(-c2ccc(CNC(=O)C(CCCCNC(=O)C(=O)[C@H](CS)C3(S)CCCCC3)NC(=O)C(CCCCNC(=O)C(=O)[C@H](CS)C3(S)CCCCC3)NC(=O)C(CCCCNC(=O)C(=O)[C@H](CS)C3(S)CCCCC3)NC(=O)C(CCCCNC=O)NC(=O)C(CCCCNC=O)NC(=O)C(=O)[C@H](CS)C3(S)CCCCC3)cc2)nn1. The van der Waals surface area contributed by atoms with E-state index in [1.54, 1.807) is 31.2 Å². The van der Waals surface area contributed by atoms with Crippen LogP contribution in [0.1, 0.15) is 236 Å². The zero-order chi connectivity index (χ0) is 87.7. The van der Waals surface area contributed by atoms with E-state index in [0.717, 1.165) is 77.0 Å². The highest BCUT2D eigenvalue weighted by atomic mass is 32.1. The van der Waals surface area contributed by atoms with Gasteiger partial charge in [-0.1, -0.05) is 101 Å². The molecule has 6 rings (SSSR count). The van der Waals surface area contributed by atoms with Crippen LogP contribution in [0.4, 0.5) is 0 Å². The first-order valence-electron chi connectivity index (χ1n) is 42.7. The first-order valence-corrected chi connectivity index (χ1v) is 47.0. The van der Waals surface area contributed by atoms with E-state index in [0.29, 0.717) is 94.0 Å². The molecule has 0 spiro atoms. The Kier molecular flexibility index (Phi) is 46.1. The lowest BCUT2D eigenvalue weighted by Crippen LogP contribution is -2.59. The van der Waals surface area contributed by atoms with Crippen molar-refractivity contribution in [3.8, 4) is 11.4 Å². The van der Waals surface area contributed by atoms with Crippen molar-refractivity contribution < 1.29 is 71.9 Å². The molecule has 1 heterocycles. The smallest absolute Gasteiger partial charge is 0.288 e. The van der Waals surface area contributed by atoms with Gasteiger partial charge in [-0.3, -0.25) is 71.9 Å². The van der Waals surface area contributed by atoms with Crippen LogP contribution in [0.3, 0.4) is 0 Å². The molecule has 4 saturated carbocycles. The van der Waals surface area contributed by atoms with Gasteiger partial charge in [-0.15, -0.1) is 20.4 Å². The number of ketones is 4. The molecule has 4 aliphatic rings. The Labute approximate surface area is 749 Å². The minimum absolute atomic E-state index is 0.00544. The highest BCUT2D eigenvalue weighted by Crippen LogP contribution is 2.45. The Balaban J connectivity index is 1.33. The highest BCUT2D eigenvalue weighted by Gasteiger charge is 2.47. The number of nitrogens with zero attached hydrogens (tertiary/aromatic N) is 4. The fourth-order valence-corrected chi connectivity index (χ4v) is 21.1. The van der Waals surface area contributed by atoms with Crippen molar-refractivity contribution >= 4 is 190 Å². The number of carbonyl (C=O) groups excluding carboxylic acids is 15. The molecule has 0 saturated heterocycles. The topological polar surface area (TPSA) is 440 Å². The summed E-state index contributed by atoms with van der Waals surface area (Å²) in [5.74, 6) is -12.8. The number of aryl methyl sites for hydroxylation is 1. The second kappa shape index (κ2) is 53.9. The maximum atomic E-state index is 15.5. The predicted molar refractivity (Wildman–Crippen MR) is 484 cm³/mol. The summed E-state index contributed by atoms with van der Waals surface area (Å²) >= 11 is 37.5. The molecule has 0 aliphatic heterocycles. The molecule has 2 aromatic rings. The molecule has 1 aromatic heterocycles. The van der Waals surface area contributed by atoms with Crippen molar-refractivity contribution in [2.45, 2.75) is 287 Å². The van der Waals surface area contributed by atoms with Gasteiger partial charge in [0.2, 0.25) is 71.3 Å². The van der Waals surface area contributed by atoms with Crippen molar-refractivity contribution in [1.82, 2.24) is 78.9 Å². The molecule has 11 N–H and O–H groups in total. The molecule has 1 aromatic carbocycles. The lowest BCUT2D eigenvalue weighted by atomic mass is 9.77. The van der Waals surface area contributed by atoms with Crippen molar-refractivity contribution in [3.63, 3.8) is 0 Å². The minimum atomic E-state index is -1.55. The summed E-state index contributed by atoms with van der Waals surface area (Å²) < 4.78 is -2.98. The van der Waals surface area contributed by atoms with Crippen LogP contribution in [0.2, 0.25) is 0 Å². The molecule has 4 fully saturated rings. The van der Waals surface area contributed by atoms with Gasteiger partial charge in [-0.05, 0) is 160 Å². The van der Waals surface area contributed by atoms with Crippen molar-refractivity contribution in [1.29, 1.82) is 0 Å². The van der Waals surface area contributed by atoms with Crippen LogP contribution in [0.25, 0.3) is 11.4 Å². The molecule has 120 heavy (non-hydrogen) atoms. The van der Waals surface area contributed by atoms with Crippen molar-refractivity contribution in [2.75, 3.05) is 55.7 Å². The molecule has 5 unspecified atom stereocenters. The van der Waals surface area contributed by atoms with Crippen LogP contribution in [0.15, 0.2) is 24.3 Å². The van der Waals surface area contributed by atoms with Gasteiger partial charge in [0.05, 0.1) is 23.7 Å². The number of benzene rings is 1. The Morgan fingerprint density at radius 2 is 0.608 bits per heavy atom. The molecule has 11 amide bonds. The average molecular weight is 1820 g/mol. The number of nitrogens with one attached hydrogen (secondary N) is 11. The second-order valence-corrected chi connectivity index (χ2v) is 37.4. The molecule has 4 aliphatic carbocycles. The largest absolute Gasteiger partial charge is 0.359 e. The fraction of sp³-hybridized carbons (Fsp3) is 0.720. The van der Waals surface area contributed by atoms with Gasteiger partial charge in [-0.2, -0.15) is 101 Å². The quantitative estimate of drug-likeness (QED) is 0.0157. The molecular formula is C82H127N15O15S8. The maximum Gasteiger partial charge on any atom is 0.288 e. The van der Waals surface area contributed by atoms with E-state index >= 15 is 14.4 Å². The Morgan fingerprint density at radius 1 is 0.342 bits per heavy atom. The number of unbranched alkanes of at least 4 members (excludes halogenated alkanes) is 5. The number of hydrogen-bond acceptors (Lipinski definition) is 27. The number of rotatable bonds is 56. The third kappa shape index (κ3) is 32.7. The molecule has 30 nitrogen and oxygen atoms in total. The fourth-order valence-electron chi connectivity index (χ4n) is 16.4. The van der Waals surface area contributed by atoms with Crippen LogP contribution in [-0.2, 0) is 78.5 Å². The predicted octanol–water partition coefficient (Wildman–Crippen LogP) is 5.97. The van der Waals surface area contributed by atoms with Gasteiger partial charge in [0.25, 0.3) is 23.6 Å². The summed E-state index contributed by atoms with van der Waals surface area (Å²) in [6.45, 7) is 1.89. The lowest BCUT2D eigenvalue weighted by molar-refractivity contribution is -0.142. The van der Waals surface area contributed by atoms with Crippen LogP contribution in [0, 0.1) is 30.6 Å². The monoisotopic (exact) mass is 1820 g/mol. The summed E-state index contributed by atoms with van der Waals surface area (Å²) in [4.78, 5) is 209. The van der Waals surface area contributed by atoms with Gasteiger partial charge >= 0.3 is 0 Å². The number of carbonyl (C=O) groups is 15. The van der Waals surface area contributed by atoms with Crippen molar-refractivity contribution in [2.24, 2.45) is 23.7 Å². The molecule has 38 heteroatoms. The zero-order valence-electron chi connectivity index (χ0n) is 69.0. The van der Waals surface area contributed by atoms with E-state index < -0.39 is 149 Å². The number of thiol groups is 8. The van der Waals surface area contributed by atoms with E-state index in [1.165, 1.54) is 0 Å². The van der Waals surface area contributed by atoms with E-state index in [1.807, 2.05) is 0 Å². The molecule has 0 radical (unpaired) electrons. The first kappa shape index (κ1) is 103. The molecule has 9 atom stereocenters. The number of aromatic nitrogens is 4. The van der Waals surface area contributed by atoms with Crippen LogP contribution in [0.5, 0.6) is 0 Å². The Bertz CT molecular complexity index is 3700. The van der Waals surface area contributed by atoms with Crippen LogP contribution in [-0.4, -0.2) is 214 Å². The molecule has 0 bridgehead atoms. The summed E-state index contributed by atoms with van der Waals surface area (Å²) in [5.41, 5.74) is 1.23. The zero-order valence-corrected chi connectivity index (χ0v) is 76.1. The first-order chi connectivity index (χ1) is 57.5. The van der Waals surface area contributed by atoms with Gasteiger partial charge in [0.1, 0.15) is 30.2 Å². The van der Waals surface area contributed by atoms with E-state index in [-0.39, 0.29) is 152 Å². The third-order valence-corrected chi connectivity index (χ3v) is 28.2. The van der Waals surface area contributed by atoms with Crippen molar-refractivity contribution in [3.05, 3.63) is 35.7 Å². The average Bonchev–Trinajstić information content (AvgIpc) is 0.812. The van der Waals surface area contributed by atoms with Crippen LogP contribution >= 0.6 is 101 Å². The van der Waals surface area contributed by atoms with E-state index in [9.17, 15) is 57.5 Å². The molecule has 668 valence electrons. The molecular weight excluding hydrogens is 1690 g/mol. The standard InChI is InChI=1S/C82H127N15O15S8/c1-53-94-96-69(97-95-53)55-31-29-54(30-32-55)46-88-70(104)60(24-8-21-43-85-75(109)65(100)56(47-113)79(117)33-11-2-12-34-79)89-71(105)62(27-9-22-44-86-76(110)66(101)57(48-114)80(118)35-13-3-14-36-80)90-73(107)63(28-10-23-45-87-77(111)67(102)58(49-115)81(119)37-15-4-16-38-81)91-72(106)61(25-6-19-41-83-51-98)92-74(108)64(26-7-20-42-84-52-99)93-78(112)68(103)59(50-116)82(120)39-17-5-18-40-82/h29-32,51-52,56-64,113-120H,2-28,33-50H2,1H3,(H,83,98)(H,84,99)(H,85,109)(H,86,110)(H,87,111)(H,88,104)(H,89,105)(H,90,107)(H,91,106)(H,92,108)(H,93,112)/t56-,57-,58-,59-,60?,61?,62?,63?,64?/m0/s1. The van der Waals surface area contributed by atoms with E-state index in [2.05, 4.69) is 129 Å². The summed E-state index contributed by atoms with van der Waals surface area (Å²) in [5, 5.41) is 46.2. The highest BCUT2D eigenvalue weighted by molar-refractivity contribution is 7.83. The number of hydrogen-bond donors (Lipinski definition) is 19. The number of amides is 11. The third-order valence-electron chi connectivity index (χ3n) is 23.7. The van der Waals surface area contributed by atoms with Gasteiger partial charge in [0, 0.05) is 86.8 Å². The Hall–Kier alpha value is -6.19. The maximum absolute atomic E-state index is 15.5. The Morgan fingerprint density at radius 3 is 0.892 bits per heavy atom. The van der Waals surface area contributed by atoms with Gasteiger partial charge in [0.15, 0.2) is 5.82 Å². The summed E-state index contributed by atoms with van der Waals surface area (Å²) in [6.07, 6.45) is 17.9. The minimum Gasteiger partial charge on any atom is -0.359 e. The lowest BCUT2D eigenvalue weighted by Gasteiger charge is -2.38. The number of Topliss-reactive ketones (excluding diaryl/α,β-unsaturated/α-hetero) is 4. The normalized spacial score (nSPS) is 18.2. The second-order valence-electron chi connectivity index (χ2n) is 32.4. The van der Waals surface area contributed by atoms with Gasteiger partial charge in [-0.25, -0.2) is 0 Å². The summed E-state index contributed by atoms with van der Waals surface area (Å²) in [7, 11) is 0. The van der Waals surface area contributed by atoms with E-state index in [4.69, 9.17) is 50.5 Å². The summed E-state index contributed by atoms with van der Waals surface area (Å²) in [6, 6.07) is -0.396. The van der Waals surface area contributed by atoms with Gasteiger partial charge < -0.3 is 58.5 Å². The van der Waals surface area contributed by atoms with Crippen LogP contribution < -0.4 is 58.5 Å².